The number of aliphatic hydroxyl groups excluding tert-OH is 1. The minimum absolute atomic E-state index is 0.161. The van der Waals surface area contributed by atoms with Gasteiger partial charge in [0.05, 0.1) is 12.4 Å². The van der Waals surface area contributed by atoms with Gasteiger partial charge in [0.25, 0.3) is 0 Å². The number of anilines is 1. The standard InChI is InChI=1S/C17H21N5OS/c18-17-20-15-14(16(21-17)24-13-4-2-1-3-5-13)19-10-22(15)12-7-6-11(8-12)9-23/h2,4,6-7,10-13,23H,1,3,5,8-9H2,(H2,18,20,21). The number of hydrogen-bond donors (Lipinski definition) is 2. The van der Waals surface area contributed by atoms with Gasteiger partial charge in [-0.3, -0.25) is 0 Å². The van der Waals surface area contributed by atoms with Gasteiger partial charge in [0.2, 0.25) is 5.95 Å². The second-order valence-electron chi connectivity index (χ2n) is 6.36. The van der Waals surface area contributed by atoms with E-state index >= 15 is 0 Å². The maximum Gasteiger partial charge on any atom is 0.223 e. The van der Waals surface area contributed by atoms with Crippen molar-refractivity contribution in [3.63, 3.8) is 0 Å². The van der Waals surface area contributed by atoms with Crippen molar-refractivity contribution >= 4 is 28.9 Å². The lowest BCUT2D eigenvalue weighted by atomic mass is 10.1. The van der Waals surface area contributed by atoms with Crippen LogP contribution < -0.4 is 5.73 Å². The van der Waals surface area contributed by atoms with Gasteiger partial charge < -0.3 is 15.4 Å². The fourth-order valence-electron chi connectivity index (χ4n) is 3.35. The molecular weight excluding hydrogens is 322 g/mol. The van der Waals surface area contributed by atoms with Gasteiger partial charge >= 0.3 is 0 Å². The Labute approximate surface area is 144 Å². The van der Waals surface area contributed by atoms with E-state index in [-0.39, 0.29) is 24.5 Å². The molecule has 2 aromatic heterocycles. The quantitative estimate of drug-likeness (QED) is 0.655. The van der Waals surface area contributed by atoms with E-state index in [9.17, 15) is 5.11 Å². The van der Waals surface area contributed by atoms with E-state index in [0.717, 1.165) is 35.5 Å². The predicted octanol–water partition coefficient (Wildman–Crippen LogP) is 2.72. The third-order valence-corrected chi connectivity index (χ3v) is 5.82. The van der Waals surface area contributed by atoms with Crippen LogP contribution in [0.5, 0.6) is 0 Å². The number of hydrogen-bond acceptors (Lipinski definition) is 6. The molecule has 0 radical (unpaired) electrons. The molecule has 2 heterocycles. The molecule has 2 aliphatic rings. The summed E-state index contributed by atoms with van der Waals surface area (Å²) in [5.41, 5.74) is 7.55. The smallest absolute Gasteiger partial charge is 0.223 e. The molecule has 2 aliphatic carbocycles. The number of fused-ring (bicyclic) bond motifs is 1. The summed E-state index contributed by atoms with van der Waals surface area (Å²) in [6, 6.07) is 0.161. The summed E-state index contributed by atoms with van der Waals surface area (Å²) in [6.45, 7) is 0.172. The average molecular weight is 343 g/mol. The van der Waals surface area contributed by atoms with Crippen molar-refractivity contribution in [3.05, 3.63) is 30.6 Å². The fourth-order valence-corrected chi connectivity index (χ4v) is 4.51. The number of rotatable bonds is 4. The van der Waals surface area contributed by atoms with Crippen molar-refractivity contribution < 1.29 is 5.11 Å². The number of aromatic nitrogens is 4. The molecule has 0 aliphatic heterocycles. The van der Waals surface area contributed by atoms with Crippen molar-refractivity contribution in [3.8, 4) is 0 Å². The first-order chi connectivity index (χ1) is 11.7. The van der Waals surface area contributed by atoms with Gasteiger partial charge in [-0.2, -0.15) is 4.98 Å². The molecule has 126 valence electrons. The Kier molecular flexibility index (Phi) is 4.28. The molecule has 4 rings (SSSR count). The molecule has 0 saturated carbocycles. The Bertz CT molecular complexity index is 800. The summed E-state index contributed by atoms with van der Waals surface area (Å²) in [4.78, 5) is 13.4. The van der Waals surface area contributed by atoms with Crippen molar-refractivity contribution in [1.29, 1.82) is 0 Å². The molecule has 0 spiro atoms. The van der Waals surface area contributed by atoms with Crippen molar-refractivity contribution in [1.82, 2.24) is 19.5 Å². The minimum atomic E-state index is 0.161. The van der Waals surface area contributed by atoms with Gasteiger partial charge in [0.1, 0.15) is 10.5 Å². The molecule has 0 amide bonds. The highest BCUT2D eigenvalue weighted by atomic mass is 32.2. The summed E-state index contributed by atoms with van der Waals surface area (Å²) in [5.74, 6) is 0.486. The van der Waals surface area contributed by atoms with Gasteiger partial charge in [0.15, 0.2) is 5.65 Å². The largest absolute Gasteiger partial charge is 0.396 e. The molecule has 2 aromatic rings. The SMILES string of the molecule is Nc1nc(SC2C=CCCC2)c2ncn(C3C=CC(CO)C3)c2n1. The van der Waals surface area contributed by atoms with E-state index < -0.39 is 0 Å². The van der Waals surface area contributed by atoms with Crippen LogP contribution in [0.4, 0.5) is 5.95 Å². The van der Waals surface area contributed by atoms with Gasteiger partial charge in [-0.05, 0) is 25.7 Å². The van der Waals surface area contributed by atoms with Crippen LogP contribution in [-0.4, -0.2) is 36.5 Å². The number of imidazole rings is 1. The molecule has 6 nitrogen and oxygen atoms in total. The first-order valence-electron chi connectivity index (χ1n) is 8.37. The number of nitrogens with two attached hydrogens (primary N) is 1. The van der Waals surface area contributed by atoms with Gasteiger partial charge in [-0.25, -0.2) is 9.97 Å². The van der Waals surface area contributed by atoms with Crippen LogP contribution in [0.3, 0.4) is 0 Å². The van der Waals surface area contributed by atoms with Gasteiger partial charge in [0, 0.05) is 17.8 Å². The number of aliphatic hydroxyl groups is 1. The van der Waals surface area contributed by atoms with E-state index in [1.807, 2.05) is 10.9 Å². The summed E-state index contributed by atoms with van der Waals surface area (Å²) in [6.07, 6.45) is 14.8. The molecule has 0 bridgehead atoms. The van der Waals surface area contributed by atoms with Crippen LogP contribution in [0.2, 0.25) is 0 Å². The third-order valence-electron chi connectivity index (χ3n) is 4.62. The maximum absolute atomic E-state index is 9.33. The van der Waals surface area contributed by atoms with Crippen LogP contribution in [0.1, 0.15) is 31.7 Å². The van der Waals surface area contributed by atoms with Gasteiger partial charge in [-0.1, -0.05) is 36.1 Å². The zero-order valence-corrected chi connectivity index (χ0v) is 14.2. The summed E-state index contributed by atoms with van der Waals surface area (Å²) in [7, 11) is 0. The molecule has 7 heteroatoms. The lowest BCUT2D eigenvalue weighted by Crippen LogP contribution is -2.09. The zero-order chi connectivity index (χ0) is 16.5. The number of nitrogens with zero attached hydrogens (tertiary/aromatic N) is 4. The number of nitrogen functional groups attached to an aromatic ring is 1. The van der Waals surface area contributed by atoms with Crippen LogP contribution in [-0.2, 0) is 0 Å². The summed E-state index contributed by atoms with van der Waals surface area (Å²) < 4.78 is 2.04. The molecule has 3 atom stereocenters. The van der Waals surface area contributed by atoms with Crippen LogP contribution in [0.25, 0.3) is 11.2 Å². The summed E-state index contributed by atoms with van der Waals surface area (Å²) in [5, 5.41) is 10.6. The Morgan fingerprint density at radius 1 is 1.29 bits per heavy atom. The predicted molar refractivity (Wildman–Crippen MR) is 95.7 cm³/mol. The second-order valence-corrected chi connectivity index (χ2v) is 7.58. The van der Waals surface area contributed by atoms with E-state index in [1.165, 1.54) is 6.42 Å². The van der Waals surface area contributed by atoms with Crippen LogP contribution in [0, 0.1) is 5.92 Å². The fraction of sp³-hybridized carbons (Fsp3) is 0.471. The molecule has 0 fully saturated rings. The average Bonchev–Trinajstić information content (AvgIpc) is 3.22. The highest BCUT2D eigenvalue weighted by molar-refractivity contribution is 8.00. The highest BCUT2D eigenvalue weighted by Gasteiger charge is 2.24. The topological polar surface area (TPSA) is 89.8 Å². The Hall–Kier alpha value is -1.86. The normalized spacial score (nSPS) is 26.5. The highest BCUT2D eigenvalue weighted by Crippen LogP contribution is 2.35. The summed E-state index contributed by atoms with van der Waals surface area (Å²) >= 11 is 1.72. The van der Waals surface area contributed by atoms with E-state index in [1.54, 1.807) is 11.8 Å². The van der Waals surface area contributed by atoms with Crippen molar-refractivity contribution in [2.75, 3.05) is 12.3 Å². The minimum Gasteiger partial charge on any atom is -0.396 e. The number of allylic oxidation sites excluding steroid dienone is 2. The van der Waals surface area contributed by atoms with Crippen LogP contribution >= 0.6 is 11.8 Å². The monoisotopic (exact) mass is 343 g/mol. The van der Waals surface area contributed by atoms with E-state index in [4.69, 9.17) is 5.73 Å². The maximum atomic E-state index is 9.33. The molecule has 3 unspecified atom stereocenters. The first-order valence-corrected chi connectivity index (χ1v) is 9.25. The molecule has 3 N–H and O–H groups in total. The first kappa shape index (κ1) is 15.7. The second kappa shape index (κ2) is 6.57. The number of thioether (sulfide) groups is 1. The molecule has 0 aromatic carbocycles. The van der Waals surface area contributed by atoms with Crippen molar-refractivity contribution in [2.24, 2.45) is 5.92 Å². The van der Waals surface area contributed by atoms with Crippen LogP contribution in [0.15, 0.2) is 35.7 Å². The Morgan fingerprint density at radius 3 is 2.96 bits per heavy atom. The van der Waals surface area contributed by atoms with E-state index in [0.29, 0.717) is 5.25 Å². The molecular formula is C17H21N5OS. The lowest BCUT2D eigenvalue weighted by molar-refractivity contribution is 0.244. The molecule has 0 saturated heterocycles. The van der Waals surface area contributed by atoms with Gasteiger partial charge in [-0.15, -0.1) is 0 Å². The Balaban J connectivity index is 1.68. The van der Waals surface area contributed by atoms with Crippen molar-refractivity contribution in [2.45, 2.75) is 42.0 Å². The zero-order valence-electron chi connectivity index (χ0n) is 13.4. The lowest BCUT2D eigenvalue weighted by Gasteiger charge is -2.16. The Morgan fingerprint density at radius 2 is 2.21 bits per heavy atom. The third kappa shape index (κ3) is 2.93. The van der Waals surface area contributed by atoms with E-state index in [2.05, 4.69) is 39.3 Å². The molecule has 24 heavy (non-hydrogen) atoms.